The van der Waals surface area contributed by atoms with Crippen LogP contribution >= 0.6 is 23.2 Å². The van der Waals surface area contributed by atoms with Gasteiger partial charge in [-0.15, -0.1) is 0 Å². The molecule has 4 nitrogen and oxygen atoms in total. The van der Waals surface area contributed by atoms with Crippen LogP contribution in [0.4, 0.5) is 0 Å². The van der Waals surface area contributed by atoms with E-state index in [0.29, 0.717) is 21.2 Å². The van der Waals surface area contributed by atoms with Gasteiger partial charge in [0.2, 0.25) is 0 Å². The van der Waals surface area contributed by atoms with E-state index in [0.717, 1.165) is 0 Å². The molecule has 0 spiro atoms. The Bertz CT molecular complexity index is 625. The summed E-state index contributed by atoms with van der Waals surface area (Å²) in [6, 6.07) is 9.20. The first-order valence-electron chi connectivity index (χ1n) is 5.59. The van der Waals surface area contributed by atoms with Crippen molar-refractivity contribution in [1.82, 2.24) is 0 Å². The number of nitrogens with zero attached hydrogens (tertiary/aromatic N) is 2. The molecule has 0 aliphatic heterocycles. The van der Waals surface area contributed by atoms with Crippen LogP contribution in [0, 0.1) is 0 Å². The second kappa shape index (κ2) is 6.41. The molecule has 6 heteroatoms. The number of hydrogen-bond acceptors (Lipinski definition) is 4. The zero-order valence-corrected chi connectivity index (χ0v) is 11.7. The van der Waals surface area contributed by atoms with Crippen molar-refractivity contribution in [3.63, 3.8) is 0 Å². The predicted octanol–water partition coefficient (Wildman–Crippen LogP) is 3.86. The van der Waals surface area contributed by atoms with Gasteiger partial charge in [0.25, 0.3) is 0 Å². The molecule has 0 amide bonds. The highest BCUT2D eigenvalue weighted by atomic mass is 35.5. The summed E-state index contributed by atoms with van der Waals surface area (Å²) in [5.74, 6) is 0.109. The molecule has 0 bridgehead atoms. The highest BCUT2D eigenvalue weighted by Crippen LogP contribution is 2.20. The van der Waals surface area contributed by atoms with Gasteiger partial charge in [0.05, 0.1) is 12.4 Å². The highest BCUT2D eigenvalue weighted by molar-refractivity contribution is 6.31. The van der Waals surface area contributed by atoms with E-state index in [1.165, 1.54) is 24.6 Å². The van der Waals surface area contributed by atoms with Crippen LogP contribution in [0.5, 0.6) is 11.5 Å². The zero-order valence-electron chi connectivity index (χ0n) is 10.2. The average Bonchev–Trinajstić information content (AvgIpc) is 2.42. The van der Waals surface area contributed by atoms with Gasteiger partial charge in [0.15, 0.2) is 0 Å². The van der Waals surface area contributed by atoms with Crippen LogP contribution in [-0.2, 0) is 0 Å². The van der Waals surface area contributed by atoms with Crippen LogP contribution in [-0.4, -0.2) is 22.6 Å². The largest absolute Gasteiger partial charge is 0.507 e. The maximum absolute atomic E-state index is 9.57. The van der Waals surface area contributed by atoms with Crippen LogP contribution in [0.3, 0.4) is 0 Å². The molecule has 102 valence electrons. The first-order chi connectivity index (χ1) is 9.56. The fraction of sp³-hybridized carbons (Fsp3) is 0. The molecule has 2 aromatic carbocycles. The van der Waals surface area contributed by atoms with E-state index in [9.17, 15) is 10.2 Å². The molecular formula is C14H10Cl2N2O2. The van der Waals surface area contributed by atoms with E-state index >= 15 is 0 Å². The minimum Gasteiger partial charge on any atom is -0.507 e. The third kappa shape index (κ3) is 3.73. The maximum atomic E-state index is 9.57. The van der Waals surface area contributed by atoms with Gasteiger partial charge in [-0.3, -0.25) is 0 Å². The number of hydrogen-bond donors (Lipinski definition) is 2. The molecule has 0 saturated carbocycles. The first-order valence-corrected chi connectivity index (χ1v) is 6.35. The quantitative estimate of drug-likeness (QED) is 0.668. The Morgan fingerprint density at radius 2 is 1.15 bits per heavy atom. The minimum atomic E-state index is 0.0546. The summed E-state index contributed by atoms with van der Waals surface area (Å²) in [5.41, 5.74) is 0.898. The van der Waals surface area contributed by atoms with Crippen molar-refractivity contribution >= 4 is 35.6 Å². The zero-order chi connectivity index (χ0) is 14.5. The summed E-state index contributed by atoms with van der Waals surface area (Å²) >= 11 is 11.6. The standard InChI is InChI=1S/C14H10Cl2N2O2/c15-11-1-3-13(19)9(5-11)7-17-18-8-10-6-12(16)2-4-14(10)20/h1-8,19-20H/b17-7+,18-8+. The van der Waals surface area contributed by atoms with Gasteiger partial charge in [0.1, 0.15) is 11.5 Å². The van der Waals surface area contributed by atoms with Gasteiger partial charge in [-0.2, -0.15) is 10.2 Å². The maximum Gasteiger partial charge on any atom is 0.124 e. The smallest absolute Gasteiger partial charge is 0.124 e. The summed E-state index contributed by atoms with van der Waals surface area (Å²) in [6.07, 6.45) is 2.72. The number of halogens is 2. The van der Waals surface area contributed by atoms with Crippen molar-refractivity contribution in [2.75, 3.05) is 0 Å². The predicted molar refractivity (Wildman–Crippen MR) is 81.4 cm³/mol. The Morgan fingerprint density at radius 3 is 1.55 bits per heavy atom. The highest BCUT2D eigenvalue weighted by Gasteiger charge is 1.99. The van der Waals surface area contributed by atoms with E-state index in [4.69, 9.17) is 23.2 Å². The second-order valence-corrected chi connectivity index (χ2v) is 4.77. The Morgan fingerprint density at radius 1 is 0.750 bits per heavy atom. The summed E-state index contributed by atoms with van der Waals surface area (Å²) in [6.45, 7) is 0. The molecule has 2 N–H and O–H groups in total. The van der Waals surface area contributed by atoms with Gasteiger partial charge < -0.3 is 10.2 Å². The molecule has 2 rings (SSSR count). The van der Waals surface area contributed by atoms with Crippen LogP contribution in [0.2, 0.25) is 10.0 Å². The minimum absolute atomic E-state index is 0.0546. The number of phenols is 2. The van der Waals surface area contributed by atoms with E-state index in [2.05, 4.69) is 10.2 Å². The summed E-state index contributed by atoms with van der Waals surface area (Å²) < 4.78 is 0. The lowest BCUT2D eigenvalue weighted by Crippen LogP contribution is -1.84. The SMILES string of the molecule is Oc1ccc(Cl)cc1/C=N/N=C/c1cc(Cl)ccc1O. The van der Waals surface area contributed by atoms with E-state index < -0.39 is 0 Å². The number of phenolic OH excluding ortho intramolecular Hbond substituents is 2. The van der Waals surface area contributed by atoms with Gasteiger partial charge in [-0.05, 0) is 36.4 Å². The molecular weight excluding hydrogens is 299 g/mol. The van der Waals surface area contributed by atoms with Gasteiger partial charge in [0, 0.05) is 21.2 Å². The average molecular weight is 309 g/mol. The van der Waals surface area contributed by atoms with Gasteiger partial charge in [-0.1, -0.05) is 23.2 Å². The van der Waals surface area contributed by atoms with E-state index in [1.807, 2.05) is 0 Å². The van der Waals surface area contributed by atoms with Crippen LogP contribution < -0.4 is 0 Å². The van der Waals surface area contributed by atoms with Gasteiger partial charge >= 0.3 is 0 Å². The fourth-order valence-corrected chi connectivity index (χ4v) is 1.81. The lowest BCUT2D eigenvalue weighted by molar-refractivity contribution is 0.474. The topological polar surface area (TPSA) is 65.2 Å². The van der Waals surface area contributed by atoms with Crippen molar-refractivity contribution < 1.29 is 10.2 Å². The Labute approximate surface area is 125 Å². The number of benzene rings is 2. The van der Waals surface area contributed by atoms with Crippen LogP contribution in [0.25, 0.3) is 0 Å². The molecule has 0 aromatic heterocycles. The molecule has 0 fully saturated rings. The number of rotatable bonds is 3. The molecule has 0 atom stereocenters. The van der Waals surface area contributed by atoms with E-state index in [1.54, 1.807) is 24.3 Å². The normalized spacial score (nSPS) is 11.5. The van der Waals surface area contributed by atoms with Crippen molar-refractivity contribution in [3.05, 3.63) is 57.6 Å². The molecule has 0 aliphatic carbocycles. The Hall–Kier alpha value is -2.04. The van der Waals surface area contributed by atoms with Crippen molar-refractivity contribution in [3.8, 4) is 11.5 Å². The summed E-state index contributed by atoms with van der Waals surface area (Å²) in [7, 11) is 0. The molecule has 0 saturated heterocycles. The summed E-state index contributed by atoms with van der Waals surface area (Å²) in [4.78, 5) is 0. The molecule has 20 heavy (non-hydrogen) atoms. The Kier molecular flexibility index (Phi) is 4.61. The second-order valence-electron chi connectivity index (χ2n) is 3.90. The monoisotopic (exact) mass is 308 g/mol. The lowest BCUT2D eigenvalue weighted by atomic mass is 10.2. The van der Waals surface area contributed by atoms with Crippen molar-refractivity contribution in [2.24, 2.45) is 10.2 Å². The fourth-order valence-electron chi connectivity index (χ4n) is 1.45. The lowest BCUT2D eigenvalue weighted by Gasteiger charge is -1.98. The van der Waals surface area contributed by atoms with Crippen LogP contribution in [0.1, 0.15) is 11.1 Å². The molecule has 0 unspecified atom stereocenters. The number of aromatic hydroxyl groups is 2. The third-order valence-corrected chi connectivity index (χ3v) is 2.91. The molecule has 0 radical (unpaired) electrons. The van der Waals surface area contributed by atoms with Crippen LogP contribution in [0.15, 0.2) is 46.6 Å². The first kappa shape index (κ1) is 14.4. The van der Waals surface area contributed by atoms with Crippen molar-refractivity contribution in [2.45, 2.75) is 0 Å². The Balaban J connectivity index is 2.15. The van der Waals surface area contributed by atoms with E-state index in [-0.39, 0.29) is 11.5 Å². The van der Waals surface area contributed by atoms with Crippen molar-refractivity contribution in [1.29, 1.82) is 0 Å². The third-order valence-electron chi connectivity index (χ3n) is 2.44. The molecule has 0 aliphatic rings. The summed E-state index contributed by atoms with van der Waals surface area (Å²) in [5, 5.41) is 27.7. The molecule has 0 heterocycles. The van der Waals surface area contributed by atoms with Gasteiger partial charge in [-0.25, -0.2) is 0 Å². The molecule has 2 aromatic rings.